The molecule has 3 heteroatoms. The number of rotatable bonds is 5. The zero-order valence-electron chi connectivity index (χ0n) is 12.3. The molecule has 112 valence electrons. The van der Waals surface area contributed by atoms with E-state index in [1.807, 2.05) is 12.1 Å². The van der Waals surface area contributed by atoms with Crippen molar-refractivity contribution < 1.29 is 4.57 Å². The second kappa shape index (κ2) is 7.42. The van der Waals surface area contributed by atoms with Gasteiger partial charge in [0.15, 0.2) is 0 Å². The zero-order valence-corrected chi connectivity index (χ0v) is 15.2. The average Bonchev–Trinajstić information content (AvgIpc) is 2.58. The first-order valence-electron chi connectivity index (χ1n) is 7.54. The second-order valence-corrected chi connectivity index (χ2v) is 6.79. The van der Waals surface area contributed by atoms with Gasteiger partial charge in [-0.1, -0.05) is 64.5 Å². The van der Waals surface area contributed by atoms with Gasteiger partial charge in [-0.05, 0) is 29.0 Å². The topological polar surface area (TPSA) is 3.88 Å². The Morgan fingerprint density at radius 1 is 0.909 bits per heavy atom. The van der Waals surface area contributed by atoms with E-state index >= 15 is 0 Å². The highest BCUT2D eigenvalue weighted by atomic mass is 127. The van der Waals surface area contributed by atoms with E-state index in [4.69, 9.17) is 11.6 Å². The molecular weight excluding hydrogens is 405 g/mol. The Balaban J connectivity index is 2.19. The van der Waals surface area contributed by atoms with Crippen molar-refractivity contribution in [2.24, 2.45) is 0 Å². The minimum Gasteiger partial charge on any atom is -0.191 e. The molecular formula is C19H18ClIN+. The van der Waals surface area contributed by atoms with Gasteiger partial charge in [0.1, 0.15) is 6.54 Å². The van der Waals surface area contributed by atoms with Gasteiger partial charge in [0, 0.05) is 24.1 Å². The van der Waals surface area contributed by atoms with E-state index in [9.17, 15) is 0 Å². The summed E-state index contributed by atoms with van der Waals surface area (Å²) in [6, 6.07) is 21.0. The third-order valence-electron chi connectivity index (χ3n) is 3.84. The van der Waals surface area contributed by atoms with Crippen LogP contribution in [0.3, 0.4) is 0 Å². The number of pyridine rings is 1. The molecule has 0 aliphatic heterocycles. The molecule has 1 aromatic heterocycles. The lowest BCUT2D eigenvalue weighted by Gasteiger charge is -2.09. The fourth-order valence-corrected chi connectivity index (χ4v) is 3.57. The molecule has 0 N–H and O–H groups in total. The first-order chi connectivity index (χ1) is 10.8. The van der Waals surface area contributed by atoms with Gasteiger partial charge in [-0.3, -0.25) is 0 Å². The number of alkyl halides is 1. The summed E-state index contributed by atoms with van der Waals surface area (Å²) in [5.74, 6) is 0. The summed E-state index contributed by atoms with van der Waals surface area (Å²) in [5, 5.41) is 1.94. The lowest BCUT2D eigenvalue weighted by atomic mass is 10.1. The molecule has 1 nitrogen and oxygen atoms in total. The number of benzene rings is 2. The summed E-state index contributed by atoms with van der Waals surface area (Å²) >= 11 is 8.97. The van der Waals surface area contributed by atoms with Gasteiger partial charge >= 0.3 is 0 Å². The van der Waals surface area contributed by atoms with Crippen LogP contribution in [0.15, 0.2) is 60.7 Å². The van der Waals surface area contributed by atoms with E-state index in [1.54, 1.807) is 0 Å². The molecule has 0 saturated carbocycles. The number of halogens is 2. The molecule has 0 spiro atoms. The minimum absolute atomic E-state index is 0.819. The molecule has 0 atom stereocenters. The third kappa shape index (κ3) is 3.28. The van der Waals surface area contributed by atoms with Crippen LogP contribution < -0.4 is 4.57 Å². The van der Waals surface area contributed by atoms with Crippen LogP contribution in [-0.2, 0) is 6.54 Å². The van der Waals surface area contributed by atoms with Crippen molar-refractivity contribution in [3.8, 4) is 11.3 Å². The fourth-order valence-electron chi connectivity index (χ4n) is 2.77. The van der Waals surface area contributed by atoms with Crippen LogP contribution in [0.25, 0.3) is 22.2 Å². The quantitative estimate of drug-likeness (QED) is 0.216. The molecule has 0 aliphatic rings. The fraction of sp³-hybridized carbons (Fsp3) is 0.211. The number of hydrogen-bond donors (Lipinski definition) is 0. The molecule has 0 radical (unpaired) electrons. The molecule has 0 unspecified atom stereocenters. The SMILES string of the molecule is Clc1cc(-c2ccccc2)[n+](CCCCI)c2ccccc12. The van der Waals surface area contributed by atoms with Gasteiger partial charge in [0.05, 0.1) is 10.4 Å². The molecule has 2 aromatic carbocycles. The Morgan fingerprint density at radius 2 is 1.64 bits per heavy atom. The maximum atomic E-state index is 6.53. The molecule has 0 fully saturated rings. The average molecular weight is 423 g/mol. The predicted octanol–water partition coefficient (Wildman–Crippen LogP) is 5.66. The molecule has 0 aliphatic carbocycles. The van der Waals surface area contributed by atoms with E-state index in [0.717, 1.165) is 17.0 Å². The number of unbranched alkanes of at least 4 members (excludes halogenated alkanes) is 1. The highest BCUT2D eigenvalue weighted by Gasteiger charge is 2.19. The first-order valence-corrected chi connectivity index (χ1v) is 9.44. The molecule has 0 saturated heterocycles. The minimum atomic E-state index is 0.819. The summed E-state index contributed by atoms with van der Waals surface area (Å²) in [5.41, 5.74) is 3.62. The molecule has 0 bridgehead atoms. The standard InChI is InChI=1S/C19H18ClIN/c20-17-14-19(15-8-2-1-3-9-15)22(13-7-6-12-21)18-11-5-4-10-16(17)18/h1-5,8-11,14H,6-7,12-13H2/q+1. The van der Waals surface area contributed by atoms with Crippen LogP contribution in [-0.4, -0.2) is 4.43 Å². The van der Waals surface area contributed by atoms with Crippen molar-refractivity contribution in [2.75, 3.05) is 4.43 Å². The molecule has 3 rings (SSSR count). The number of aromatic nitrogens is 1. The maximum Gasteiger partial charge on any atom is 0.214 e. The van der Waals surface area contributed by atoms with E-state index in [2.05, 4.69) is 75.7 Å². The van der Waals surface area contributed by atoms with Gasteiger partial charge in [0.25, 0.3) is 0 Å². The Morgan fingerprint density at radius 3 is 2.41 bits per heavy atom. The third-order valence-corrected chi connectivity index (χ3v) is 4.92. The normalized spacial score (nSPS) is 11.0. The molecule has 22 heavy (non-hydrogen) atoms. The summed E-state index contributed by atoms with van der Waals surface area (Å²) in [6.45, 7) is 1.02. The maximum absolute atomic E-state index is 6.53. The zero-order chi connectivity index (χ0) is 15.4. The van der Waals surface area contributed by atoms with Crippen molar-refractivity contribution >= 4 is 45.1 Å². The second-order valence-electron chi connectivity index (χ2n) is 5.31. The predicted molar refractivity (Wildman–Crippen MR) is 103 cm³/mol. The van der Waals surface area contributed by atoms with Crippen LogP contribution in [0.1, 0.15) is 12.8 Å². The smallest absolute Gasteiger partial charge is 0.191 e. The van der Waals surface area contributed by atoms with Crippen molar-refractivity contribution in [1.29, 1.82) is 0 Å². The summed E-state index contributed by atoms with van der Waals surface area (Å²) < 4.78 is 3.60. The number of para-hydroxylation sites is 1. The largest absolute Gasteiger partial charge is 0.214 e. The highest BCUT2D eigenvalue weighted by Crippen LogP contribution is 2.26. The highest BCUT2D eigenvalue weighted by molar-refractivity contribution is 14.1. The lowest BCUT2D eigenvalue weighted by Crippen LogP contribution is -2.37. The van der Waals surface area contributed by atoms with E-state index in [1.165, 1.54) is 34.0 Å². The van der Waals surface area contributed by atoms with Gasteiger partial charge < -0.3 is 0 Å². The Labute approximate surface area is 150 Å². The number of fused-ring (bicyclic) bond motifs is 1. The Kier molecular flexibility index (Phi) is 5.32. The Bertz CT molecular complexity index is 771. The monoisotopic (exact) mass is 422 g/mol. The Hall–Kier alpha value is -1.13. The lowest BCUT2D eigenvalue weighted by molar-refractivity contribution is -0.660. The van der Waals surface area contributed by atoms with E-state index in [0.29, 0.717) is 0 Å². The van der Waals surface area contributed by atoms with Crippen LogP contribution in [0.2, 0.25) is 5.02 Å². The number of aryl methyl sites for hydroxylation is 1. The van der Waals surface area contributed by atoms with E-state index < -0.39 is 0 Å². The van der Waals surface area contributed by atoms with Crippen LogP contribution >= 0.6 is 34.2 Å². The van der Waals surface area contributed by atoms with Crippen molar-refractivity contribution in [2.45, 2.75) is 19.4 Å². The molecule has 0 amide bonds. The summed E-state index contributed by atoms with van der Waals surface area (Å²) in [6.07, 6.45) is 2.41. The number of nitrogens with zero attached hydrogens (tertiary/aromatic N) is 1. The van der Waals surface area contributed by atoms with Crippen LogP contribution in [0.5, 0.6) is 0 Å². The summed E-state index contributed by atoms with van der Waals surface area (Å²) in [7, 11) is 0. The molecule has 3 aromatic rings. The summed E-state index contributed by atoms with van der Waals surface area (Å²) in [4.78, 5) is 0. The van der Waals surface area contributed by atoms with E-state index in [-0.39, 0.29) is 0 Å². The van der Waals surface area contributed by atoms with Gasteiger partial charge in [-0.25, -0.2) is 0 Å². The van der Waals surface area contributed by atoms with Gasteiger partial charge in [0.2, 0.25) is 11.2 Å². The number of hydrogen-bond acceptors (Lipinski definition) is 0. The first kappa shape index (κ1) is 15.8. The van der Waals surface area contributed by atoms with Crippen molar-refractivity contribution in [3.05, 3.63) is 65.7 Å². The van der Waals surface area contributed by atoms with Gasteiger partial charge in [-0.15, -0.1) is 0 Å². The van der Waals surface area contributed by atoms with Crippen LogP contribution in [0.4, 0.5) is 0 Å². The van der Waals surface area contributed by atoms with Gasteiger partial charge in [-0.2, -0.15) is 4.57 Å². The van der Waals surface area contributed by atoms with Crippen molar-refractivity contribution in [1.82, 2.24) is 0 Å². The van der Waals surface area contributed by atoms with Crippen LogP contribution in [0, 0.1) is 0 Å². The molecule has 1 heterocycles. The van der Waals surface area contributed by atoms with Crippen molar-refractivity contribution in [3.63, 3.8) is 0 Å².